The summed E-state index contributed by atoms with van der Waals surface area (Å²) in [6, 6.07) is 24.5. The number of nitrogens with one attached hydrogen (secondary N) is 1. The van der Waals surface area contributed by atoms with E-state index < -0.39 is 0 Å². The van der Waals surface area contributed by atoms with Crippen molar-refractivity contribution in [3.8, 4) is 28.6 Å². The lowest BCUT2D eigenvalue weighted by molar-refractivity contribution is 0.414. The summed E-state index contributed by atoms with van der Waals surface area (Å²) in [6.45, 7) is 0. The van der Waals surface area contributed by atoms with Crippen molar-refractivity contribution in [1.29, 1.82) is 0 Å². The Bertz CT molecular complexity index is 1410. The molecule has 3 aromatic carbocycles. The van der Waals surface area contributed by atoms with Crippen molar-refractivity contribution in [3.05, 3.63) is 107 Å². The highest BCUT2D eigenvalue weighted by molar-refractivity contribution is 7.99. The van der Waals surface area contributed by atoms with Crippen molar-refractivity contribution in [2.24, 2.45) is 0 Å². The molecule has 0 radical (unpaired) electrons. The third-order valence-corrected chi connectivity index (χ3v) is 6.31. The fraction of sp³-hybridized carbons (Fsp3) is 0.0769. The first kappa shape index (κ1) is 20.9. The number of methoxy groups -OCH3 is 1. The monoisotopic (exact) mass is 455 g/mol. The van der Waals surface area contributed by atoms with Crippen LogP contribution in [0.2, 0.25) is 0 Å². The number of hydrogen-bond acceptors (Lipinski definition) is 5. The molecule has 3 aromatic rings. The average molecular weight is 456 g/mol. The predicted octanol–water partition coefficient (Wildman–Crippen LogP) is 5.12. The second-order valence-electron chi connectivity index (χ2n) is 7.54. The van der Waals surface area contributed by atoms with Gasteiger partial charge in [0.25, 0.3) is 5.56 Å². The lowest BCUT2D eigenvalue weighted by atomic mass is 10.1. The first-order chi connectivity index (χ1) is 16.1. The van der Waals surface area contributed by atoms with Crippen LogP contribution in [0.3, 0.4) is 0 Å². The normalized spacial score (nSPS) is 11.1. The van der Waals surface area contributed by atoms with Crippen molar-refractivity contribution in [3.63, 3.8) is 0 Å². The molecule has 0 spiro atoms. The minimum absolute atomic E-state index is 0.152. The first-order valence-electron chi connectivity index (χ1n) is 10.4. The smallest absolute Gasteiger partial charge is 0.278 e. The number of imidazole rings is 1. The molecule has 0 saturated carbocycles. The van der Waals surface area contributed by atoms with E-state index in [-0.39, 0.29) is 11.3 Å². The summed E-state index contributed by atoms with van der Waals surface area (Å²) in [5, 5.41) is 10.3. The summed E-state index contributed by atoms with van der Waals surface area (Å²) in [5.74, 6) is 1.55. The molecule has 5 rings (SSSR count). The van der Waals surface area contributed by atoms with Gasteiger partial charge in [0.1, 0.15) is 22.2 Å². The fourth-order valence-electron chi connectivity index (χ4n) is 3.60. The molecule has 0 amide bonds. The zero-order valence-corrected chi connectivity index (χ0v) is 18.7. The van der Waals surface area contributed by atoms with Crippen LogP contribution in [0, 0.1) is 0 Å². The molecular formula is C26H21N3O3S. The van der Waals surface area contributed by atoms with Crippen LogP contribution < -0.4 is 10.3 Å². The van der Waals surface area contributed by atoms with Crippen LogP contribution in [-0.2, 0) is 6.42 Å². The molecule has 0 aromatic heterocycles. The van der Waals surface area contributed by atoms with Crippen LogP contribution in [0.4, 0.5) is 0 Å². The standard InChI is InChI=1S/C26H21N3O3S/c1-32-20-11-13-21(14-12-20)33-25-24-27-22(15-17-7-9-19(30)10-8-17)26(31)29(24)16-23(28-25)18-5-3-2-4-6-18/h2-14,16,28,30H,15H2,1H3. The molecule has 33 heavy (non-hydrogen) atoms. The largest absolute Gasteiger partial charge is 0.508 e. The molecule has 2 aliphatic heterocycles. The van der Waals surface area contributed by atoms with E-state index >= 15 is 0 Å². The van der Waals surface area contributed by atoms with Gasteiger partial charge in [0.2, 0.25) is 0 Å². The summed E-state index contributed by atoms with van der Waals surface area (Å²) < 4.78 is 6.87. The van der Waals surface area contributed by atoms with E-state index in [2.05, 4.69) is 4.98 Å². The van der Waals surface area contributed by atoms with E-state index in [9.17, 15) is 9.90 Å². The molecule has 2 aliphatic rings. The molecule has 2 N–H and O–H groups in total. The molecule has 164 valence electrons. The van der Waals surface area contributed by atoms with E-state index in [0.717, 1.165) is 32.5 Å². The Morgan fingerprint density at radius 3 is 2.42 bits per heavy atom. The zero-order valence-electron chi connectivity index (χ0n) is 17.9. The molecule has 6 nitrogen and oxygen atoms in total. The number of aromatic amines is 1. The number of H-pyrrole nitrogens is 1. The van der Waals surface area contributed by atoms with E-state index in [0.29, 0.717) is 17.9 Å². The minimum Gasteiger partial charge on any atom is -0.508 e. The highest BCUT2D eigenvalue weighted by Crippen LogP contribution is 2.33. The Balaban J connectivity index is 1.61. The van der Waals surface area contributed by atoms with Gasteiger partial charge in [0.15, 0.2) is 5.82 Å². The van der Waals surface area contributed by atoms with Gasteiger partial charge >= 0.3 is 0 Å². The van der Waals surface area contributed by atoms with E-state index in [4.69, 9.17) is 9.72 Å². The summed E-state index contributed by atoms with van der Waals surface area (Å²) in [6.07, 6.45) is 2.19. The van der Waals surface area contributed by atoms with Crippen molar-refractivity contribution in [2.45, 2.75) is 16.3 Å². The highest BCUT2D eigenvalue weighted by atomic mass is 32.2. The Labute approximate surface area is 194 Å². The number of fused-ring (bicyclic) bond motifs is 1. The summed E-state index contributed by atoms with van der Waals surface area (Å²) >= 11 is 1.51. The topological polar surface area (TPSA) is 80.1 Å². The molecular weight excluding hydrogens is 434 g/mol. The molecule has 0 fully saturated rings. The Morgan fingerprint density at radius 1 is 1.00 bits per heavy atom. The van der Waals surface area contributed by atoms with Crippen LogP contribution in [0.1, 0.15) is 11.3 Å². The number of benzene rings is 3. The summed E-state index contributed by atoms with van der Waals surface area (Å²) in [4.78, 5) is 22.5. The maximum absolute atomic E-state index is 13.3. The van der Waals surface area contributed by atoms with Gasteiger partial charge in [-0.2, -0.15) is 0 Å². The highest BCUT2D eigenvalue weighted by Gasteiger charge is 2.21. The van der Waals surface area contributed by atoms with Crippen LogP contribution in [-0.4, -0.2) is 26.8 Å². The number of phenolic OH excluding ortho intramolecular Hbond substituents is 1. The minimum atomic E-state index is -0.152. The Morgan fingerprint density at radius 2 is 1.73 bits per heavy atom. The number of rotatable bonds is 6. The zero-order chi connectivity index (χ0) is 22.8. The number of hydrogen-bond donors (Lipinski definition) is 2. The quantitative estimate of drug-likeness (QED) is 0.371. The molecule has 0 aliphatic carbocycles. The molecule has 0 bridgehead atoms. The molecule has 2 heterocycles. The fourth-order valence-corrected chi connectivity index (χ4v) is 4.51. The van der Waals surface area contributed by atoms with Crippen LogP contribution in [0.15, 0.2) is 99.8 Å². The maximum Gasteiger partial charge on any atom is 0.278 e. The number of nitrogens with zero attached hydrogens (tertiary/aromatic N) is 2. The van der Waals surface area contributed by atoms with Gasteiger partial charge in [-0.1, -0.05) is 54.2 Å². The van der Waals surface area contributed by atoms with Crippen LogP contribution in [0.25, 0.3) is 17.1 Å². The lowest BCUT2D eigenvalue weighted by Crippen LogP contribution is -2.16. The molecule has 7 heteroatoms. The van der Waals surface area contributed by atoms with Gasteiger partial charge in [-0.25, -0.2) is 4.98 Å². The van der Waals surface area contributed by atoms with Gasteiger partial charge in [0.05, 0.1) is 12.8 Å². The van der Waals surface area contributed by atoms with E-state index in [1.165, 1.54) is 11.8 Å². The maximum atomic E-state index is 13.3. The third-order valence-electron chi connectivity index (χ3n) is 5.32. The van der Waals surface area contributed by atoms with Gasteiger partial charge in [-0.05, 0) is 47.5 Å². The van der Waals surface area contributed by atoms with Gasteiger partial charge in [-0.15, -0.1) is 0 Å². The van der Waals surface area contributed by atoms with Crippen molar-refractivity contribution in [2.75, 3.05) is 7.11 Å². The van der Waals surface area contributed by atoms with Gasteiger partial charge < -0.3 is 14.8 Å². The number of aromatic nitrogens is 3. The average Bonchev–Trinajstić information content (AvgIpc) is 3.17. The first-order valence-corrected chi connectivity index (χ1v) is 11.2. The Kier molecular flexibility index (Phi) is 5.62. The van der Waals surface area contributed by atoms with Crippen LogP contribution >= 0.6 is 11.8 Å². The number of ether oxygens (including phenoxy) is 1. The molecule has 0 atom stereocenters. The summed E-state index contributed by atoms with van der Waals surface area (Å²) in [7, 11) is 1.64. The Hall–Kier alpha value is -3.97. The van der Waals surface area contributed by atoms with Crippen LogP contribution in [0.5, 0.6) is 11.5 Å². The van der Waals surface area contributed by atoms with Gasteiger partial charge in [-0.3, -0.25) is 9.36 Å². The van der Waals surface area contributed by atoms with E-state index in [1.807, 2.05) is 54.6 Å². The summed E-state index contributed by atoms with van der Waals surface area (Å²) in [5.41, 5.74) is 3.01. The molecule has 0 saturated heterocycles. The van der Waals surface area contributed by atoms with E-state index in [1.54, 1.807) is 42.1 Å². The number of phenols is 1. The van der Waals surface area contributed by atoms with Crippen molar-refractivity contribution >= 4 is 11.8 Å². The third kappa shape index (κ3) is 4.36. The second kappa shape index (κ2) is 8.88. The predicted molar refractivity (Wildman–Crippen MR) is 129 cm³/mol. The molecule has 0 unspecified atom stereocenters. The van der Waals surface area contributed by atoms with Crippen molar-refractivity contribution < 1.29 is 9.84 Å². The number of aromatic hydroxyl groups is 1. The van der Waals surface area contributed by atoms with Crippen molar-refractivity contribution in [1.82, 2.24) is 14.5 Å². The van der Waals surface area contributed by atoms with Gasteiger partial charge in [0, 0.05) is 17.5 Å². The second-order valence-corrected chi connectivity index (χ2v) is 8.62. The SMILES string of the molecule is COc1ccc(Sc2[nH]c(-c3ccccc3)cn3c(=O)c(Cc4ccc(O)cc4)nc2-3)cc1. The lowest BCUT2D eigenvalue weighted by Gasteiger charge is -2.13.